The van der Waals surface area contributed by atoms with Gasteiger partial charge in [-0.05, 0) is 31.6 Å². The first-order chi connectivity index (χ1) is 8.95. The molecule has 1 N–H and O–H groups in total. The van der Waals surface area contributed by atoms with E-state index in [2.05, 4.69) is 0 Å². The van der Waals surface area contributed by atoms with Crippen LogP contribution in [-0.4, -0.2) is 54.3 Å². The lowest BCUT2D eigenvalue weighted by Crippen LogP contribution is -2.49. The van der Waals surface area contributed by atoms with Crippen LogP contribution in [0.15, 0.2) is 0 Å². The summed E-state index contributed by atoms with van der Waals surface area (Å²) in [6.07, 6.45) is 3.39. The molecule has 7 heteroatoms. The number of aliphatic carboxylic acids is 1. The summed E-state index contributed by atoms with van der Waals surface area (Å²) < 4.78 is 27.9. The topological polar surface area (TPSA) is 77.9 Å². The molecule has 1 aliphatic carbocycles. The van der Waals surface area contributed by atoms with Crippen molar-refractivity contribution in [2.24, 2.45) is 11.8 Å². The highest BCUT2D eigenvalue weighted by Crippen LogP contribution is 2.31. The van der Waals surface area contributed by atoms with E-state index in [1.807, 2.05) is 6.92 Å². The third-order valence-electron chi connectivity index (χ3n) is 3.90. The van der Waals surface area contributed by atoms with Crippen molar-refractivity contribution in [2.45, 2.75) is 32.6 Å². The van der Waals surface area contributed by atoms with E-state index < -0.39 is 22.1 Å². The second-order valence-corrected chi connectivity index (χ2v) is 7.37. The van der Waals surface area contributed by atoms with Crippen molar-refractivity contribution in [1.29, 1.82) is 0 Å². The van der Waals surface area contributed by atoms with Crippen LogP contribution < -0.4 is 0 Å². The van der Waals surface area contributed by atoms with Crippen molar-refractivity contribution in [3.05, 3.63) is 0 Å². The second-order valence-electron chi connectivity index (χ2n) is 5.44. The molecule has 1 heterocycles. The Morgan fingerprint density at radius 1 is 1.37 bits per heavy atom. The Kier molecular flexibility index (Phi) is 4.47. The van der Waals surface area contributed by atoms with Gasteiger partial charge in [0.1, 0.15) is 0 Å². The zero-order valence-electron chi connectivity index (χ0n) is 11.3. The van der Waals surface area contributed by atoms with Crippen LogP contribution in [-0.2, 0) is 15.0 Å². The largest absolute Gasteiger partial charge is 0.481 e. The lowest BCUT2D eigenvalue weighted by atomic mass is 10.0. The molecule has 19 heavy (non-hydrogen) atoms. The van der Waals surface area contributed by atoms with Gasteiger partial charge < -0.3 is 5.11 Å². The number of hydrogen-bond acceptors (Lipinski definition) is 3. The Hall–Kier alpha value is -0.660. The lowest BCUT2D eigenvalue weighted by Gasteiger charge is -2.34. The van der Waals surface area contributed by atoms with Crippen LogP contribution in [0, 0.1) is 11.8 Å². The van der Waals surface area contributed by atoms with Crippen LogP contribution in [0.3, 0.4) is 0 Å². The summed E-state index contributed by atoms with van der Waals surface area (Å²) in [5.41, 5.74) is 0. The number of carboxylic acid groups (broad SMARTS) is 1. The van der Waals surface area contributed by atoms with E-state index in [4.69, 9.17) is 5.11 Å². The monoisotopic (exact) mass is 290 g/mol. The molecule has 2 fully saturated rings. The molecular formula is C12H22N2O4S. The van der Waals surface area contributed by atoms with Crippen LogP contribution in [0.2, 0.25) is 0 Å². The van der Waals surface area contributed by atoms with Crippen LogP contribution in [0.5, 0.6) is 0 Å². The zero-order valence-corrected chi connectivity index (χ0v) is 12.1. The van der Waals surface area contributed by atoms with E-state index in [1.54, 1.807) is 0 Å². The minimum absolute atomic E-state index is 0.110. The zero-order chi connectivity index (χ0) is 14.0. The van der Waals surface area contributed by atoms with E-state index in [1.165, 1.54) is 8.61 Å². The van der Waals surface area contributed by atoms with Gasteiger partial charge in [-0.1, -0.05) is 6.92 Å². The third kappa shape index (κ3) is 3.46. The molecule has 1 saturated heterocycles. The number of hydrogen-bond donors (Lipinski definition) is 1. The first-order valence-electron chi connectivity index (χ1n) is 6.93. The highest BCUT2D eigenvalue weighted by atomic mass is 32.2. The maximum absolute atomic E-state index is 12.5. The maximum Gasteiger partial charge on any atom is 0.307 e. The molecule has 0 aromatic carbocycles. The molecule has 0 aromatic heterocycles. The molecule has 1 atom stereocenters. The fourth-order valence-electron chi connectivity index (χ4n) is 2.49. The van der Waals surface area contributed by atoms with Crippen molar-refractivity contribution in [2.75, 3.05) is 26.2 Å². The average Bonchev–Trinajstić information content (AvgIpc) is 3.19. The van der Waals surface area contributed by atoms with Crippen LogP contribution >= 0.6 is 0 Å². The van der Waals surface area contributed by atoms with Crippen LogP contribution in [0.1, 0.15) is 32.6 Å². The summed E-state index contributed by atoms with van der Waals surface area (Å²) >= 11 is 0. The Balaban J connectivity index is 2.06. The van der Waals surface area contributed by atoms with Gasteiger partial charge in [0.05, 0.1) is 5.92 Å². The third-order valence-corrected chi connectivity index (χ3v) is 5.94. The molecular weight excluding hydrogens is 268 g/mol. The Bertz CT molecular complexity index is 433. The van der Waals surface area contributed by atoms with Gasteiger partial charge in [-0.2, -0.15) is 17.0 Å². The second kappa shape index (κ2) is 5.76. The summed E-state index contributed by atoms with van der Waals surface area (Å²) in [6.45, 7) is 3.41. The molecule has 1 aliphatic heterocycles. The van der Waals surface area contributed by atoms with Crippen molar-refractivity contribution in [3.8, 4) is 0 Å². The van der Waals surface area contributed by atoms with Gasteiger partial charge in [-0.25, -0.2) is 0 Å². The molecule has 0 bridgehead atoms. The SMILES string of the molecule is CCN(CC1CC1)S(=O)(=O)N1CCCC(C(=O)O)C1. The molecule has 1 unspecified atom stereocenters. The summed E-state index contributed by atoms with van der Waals surface area (Å²) in [4.78, 5) is 11.0. The molecule has 110 valence electrons. The van der Waals surface area contributed by atoms with Crippen molar-refractivity contribution in [1.82, 2.24) is 8.61 Å². The van der Waals surface area contributed by atoms with Gasteiger partial charge in [0, 0.05) is 26.2 Å². The van der Waals surface area contributed by atoms with Gasteiger partial charge in [-0.3, -0.25) is 4.79 Å². The highest BCUT2D eigenvalue weighted by Gasteiger charge is 2.37. The van der Waals surface area contributed by atoms with Crippen LogP contribution in [0.25, 0.3) is 0 Å². The first kappa shape index (κ1) is 14.7. The molecule has 0 spiro atoms. The summed E-state index contributed by atoms with van der Waals surface area (Å²) in [5.74, 6) is -0.969. The number of rotatable bonds is 6. The van der Waals surface area contributed by atoms with E-state index in [-0.39, 0.29) is 6.54 Å². The summed E-state index contributed by atoms with van der Waals surface area (Å²) in [5, 5.41) is 9.04. The molecule has 0 radical (unpaired) electrons. The number of carbonyl (C=O) groups is 1. The number of nitrogens with zero attached hydrogens (tertiary/aromatic N) is 2. The van der Waals surface area contributed by atoms with Crippen molar-refractivity contribution >= 4 is 16.2 Å². The van der Waals surface area contributed by atoms with Crippen molar-refractivity contribution in [3.63, 3.8) is 0 Å². The van der Waals surface area contributed by atoms with E-state index in [0.717, 1.165) is 12.8 Å². The molecule has 6 nitrogen and oxygen atoms in total. The normalized spacial score (nSPS) is 25.7. The fourth-order valence-corrected chi connectivity index (χ4v) is 4.27. The Morgan fingerprint density at radius 2 is 2.05 bits per heavy atom. The van der Waals surface area contributed by atoms with E-state index in [0.29, 0.717) is 38.4 Å². The van der Waals surface area contributed by atoms with Crippen molar-refractivity contribution < 1.29 is 18.3 Å². The molecule has 0 amide bonds. The minimum Gasteiger partial charge on any atom is -0.481 e. The van der Waals surface area contributed by atoms with Gasteiger partial charge in [0.25, 0.3) is 10.2 Å². The minimum atomic E-state index is -3.49. The van der Waals surface area contributed by atoms with Gasteiger partial charge in [-0.15, -0.1) is 0 Å². The molecule has 0 aromatic rings. The molecule has 2 aliphatic rings. The highest BCUT2D eigenvalue weighted by molar-refractivity contribution is 7.86. The van der Waals surface area contributed by atoms with Gasteiger partial charge in [0.2, 0.25) is 0 Å². The van der Waals surface area contributed by atoms with E-state index >= 15 is 0 Å². The summed E-state index contributed by atoms with van der Waals surface area (Å²) in [7, 11) is -3.49. The smallest absolute Gasteiger partial charge is 0.307 e. The predicted octanol–water partition coefficient (Wildman–Crippen LogP) is 0.760. The van der Waals surface area contributed by atoms with Crippen LogP contribution in [0.4, 0.5) is 0 Å². The Morgan fingerprint density at radius 3 is 2.58 bits per heavy atom. The van der Waals surface area contributed by atoms with Gasteiger partial charge in [0.15, 0.2) is 0 Å². The van der Waals surface area contributed by atoms with E-state index in [9.17, 15) is 13.2 Å². The lowest BCUT2D eigenvalue weighted by molar-refractivity contribution is -0.142. The van der Waals surface area contributed by atoms with Gasteiger partial charge >= 0.3 is 5.97 Å². The summed E-state index contributed by atoms with van der Waals surface area (Å²) in [6, 6.07) is 0. The average molecular weight is 290 g/mol. The molecule has 1 saturated carbocycles. The first-order valence-corrected chi connectivity index (χ1v) is 8.33. The predicted molar refractivity (Wildman–Crippen MR) is 70.8 cm³/mol. The molecule has 2 rings (SSSR count). The number of piperidine rings is 1. The number of carboxylic acids is 1. The standard InChI is InChI=1S/C12H22N2O4S/c1-2-13(8-10-5-6-10)19(17,18)14-7-3-4-11(9-14)12(15)16/h10-11H,2-9H2,1H3,(H,15,16). The fraction of sp³-hybridized carbons (Fsp3) is 0.917. The quantitative estimate of drug-likeness (QED) is 0.783. The maximum atomic E-state index is 12.5. The Labute approximate surface area is 114 Å².